The van der Waals surface area contributed by atoms with Gasteiger partial charge >= 0.3 is 0 Å². The first-order valence-corrected chi connectivity index (χ1v) is 8.79. The van der Waals surface area contributed by atoms with Crippen LogP contribution in [0.4, 0.5) is 0 Å². The van der Waals surface area contributed by atoms with Gasteiger partial charge < -0.3 is 15.4 Å². The number of halogens is 2. The molecule has 1 aromatic rings. The Hall–Kier alpha value is -0.620. The molecular formula is C17H24BrClN2O2. The highest BCUT2D eigenvalue weighted by Crippen LogP contribution is 2.43. The van der Waals surface area contributed by atoms with E-state index in [4.69, 9.17) is 4.74 Å². The van der Waals surface area contributed by atoms with E-state index in [9.17, 15) is 4.79 Å². The average molecular weight is 404 g/mol. The summed E-state index contributed by atoms with van der Waals surface area (Å²) in [7, 11) is 0. The van der Waals surface area contributed by atoms with Crippen LogP contribution in [-0.4, -0.2) is 37.7 Å². The van der Waals surface area contributed by atoms with E-state index in [0.717, 1.165) is 23.9 Å². The van der Waals surface area contributed by atoms with Gasteiger partial charge in [0, 0.05) is 23.0 Å². The number of carbonyl (C=O) groups is 1. The zero-order valence-electron chi connectivity index (χ0n) is 13.3. The Bertz CT molecular complexity index is 534. The zero-order valence-corrected chi connectivity index (χ0v) is 15.7. The van der Waals surface area contributed by atoms with E-state index in [1.165, 1.54) is 12.0 Å². The van der Waals surface area contributed by atoms with Gasteiger partial charge in [0.1, 0.15) is 6.04 Å². The summed E-state index contributed by atoms with van der Waals surface area (Å²) in [5.74, 6) is 0.0515. The van der Waals surface area contributed by atoms with Crippen molar-refractivity contribution in [3.8, 4) is 0 Å². The van der Waals surface area contributed by atoms with E-state index in [1.807, 2.05) is 6.92 Å². The Labute approximate surface area is 152 Å². The third-order valence-electron chi connectivity index (χ3n) is 4.97. The van der Waals surface area contributed by atoms with Gasteiger partial charge in [0.15, 0.2) is 0 Å². The van der Waals surface area contributed by atoms with Crippen LogP contribution >= 0.6 is 28.3 Å². The molecule has 1 saturated heterocycles. The number of morpholine rings is 1. The molecule has 2 aliphatic rings. The normalized spacial score (nSPS) is 25.8. The van der Waals surface area contributed by atoms with E-state index < -0.39 is 0 Å². The van der Waals surface area contributed by atoms with Crippen molar-refractivity contribution < 1.29 is 9.53 Å². The smallest absolute Gasteiger partial charge is 0.239 e. The number of rotatable bonds is 4. The van der Waals surface area contributed by atoms with Gasteiger partial charge in [0.2, 0.25) is 5.91 Å². The maximum atomic E-state index is 12.4. The van der Waals surface area contributed by atoms with E-state index in [0.29, 0.717) is 13.2 Å². The van der Waals surface area contributed by atoms with Crippen molar-refractivity contribution in [3.63, 3.8) is 0 Å². The second-order valence-corrected chi connectivity index (χ2v) is 7.28. The Morgan fingerprint density at radius 2 is 2.09 bits per heavy atom. The van der Waals surface area contributed by atoms with Crippen LogP contribution in [0, 0.1) is 0 Å². The van der Waals surface area contributed by atoms with Gasteiger partial charge in [0.05, 0.1) is 12.7 Å². The molecule has 1 amide bonds. The molecule has 2 atom stereocenters. The maximum Gasteiger partial charge on any atom is 0.239 e. The minimum Gasteiger partial charge on any atom is -0.375 e. The van der Waals surface area contributed by atoms with Crippen LogP contribution in [0.3, 0.4) is 0 Å². The van der Waals surface area contributed by atoms with Crippen LogP contribution in [0.25, 0.3) is 0 Å². The summed E-state index contributed by atoms with van der Waals surface area (Å²) in [5, 5.41) is 6.39. The highest BCUT2D eigenvalue weighted by Gasteiger charge is 2.39. The topological polar surface area (TPSA) is 50.4 Å². The Morgan fingerprint density at radius 1 is 1.39 bits per heavy atom. The fourth-order valence-corrected chi connectivity index (χ4v) is 3.63. The van der Waals surface area contributed by atoms with E-state index in [1.54, 1.807) is 0 Å². The highest BCUT2D eigenvalue weighted by atomic mass is 79.9. The van der Waals surface area contributed by atoms with Gasteiger partial charge in [0.25, 0.3) is 0 Å². The van der Waals surface area contributed by atoms with Crippen LogP contribution < -0.4 is 10.6 Å². The van der Waals surface area contributed by atoms with E-state index in [2.05, 4.69) is 50.8 Å². The SMILES string of the molecule is C[C@H]1OCCN[C@@H]1C(=O)NCC1(c2ccc(Br)cc2)CCC1.Cl. The first-order chi connectivity index (χ1) is 10.6. The van der Waals surface area contributed by atoms with E-state index in [-0.39, 0.29) is 35.9 Å². The van der Waals surface area contributed by atoms with Gasteiger partial charge in [-0.15, -0.1) is 12.4 Å². The third-order valence-corrected chi connectivity index (χ3v) is 5.50. The van der Waals surface area contributed by atoms with E-state index >= 15 is 0 Å². The lowest BCUT2D eigenvalue weighted by Crippen LogP contribution is -2.57. The van der Waals surface area contributed by atoms with Crippen molar-refractivity contribution in [2.45, 2.75) is 43.7 Å². The first kappa shape index (κ1) is 18.7. The van der Waals surface area contributed by atoms with Gasteiger partial charge in [-0.1, -0.05) is 34.5 Å². The number of hydrogen-bond acceptors (Lipinski definition) is 3. The minimum atomic E-state index is -0.240. The minimum absolute atomic E-state index is 0. The molecule has 1 heterocycles. The number of nitrogens with one attached hydrogen (secondary N) is 2. The van der Waals surface area contributed by atoms with Gasteiger partial charge in [-0.05, 0) is 37.5 Å². The maximum absolute atomic E-state index is 12.4. The Kier molecular flexibility index (Phi) is 6.48. The van der Waals surface area contributed by atoms with Crippen LogP contribution in [0.2, 0.25) is 0 Å². The van der Waals surface area contributed by atoms with Crippen LogP contribution in [-0.2, 0) is 14.9 Å². The molecule has 0 spiro atoms. The molecule has 2 N–H and O–H groups in total. The summed E-state index contributed by atoms with van der Waals surface area (Å²) in [4.78, 5) is 12.4. The lowest BCUT2D eigenvalue weighted by molar-refractivity contribution is -0.129. The Balaban J connectivity index is 0.00000192. The van der Waals surface area contributed by atoms with Gasteiger partial charge in [-0.25, -0.2) is 0 Å². The predicted octanol–water partition coefficient (Wildman–Crippen LogP) is 2.79. The van der Waals surface area contributed by atoms with Gasteiger partial charge in [-0.3, -0.25) is 4.79 Å². The molecule has 3 rings (SSSR count). The molecule has 1 aliphatic carbocycles. The average Bonchev–Trinajstić information content (AvgIpc) is 2.48. The van der Waals surface area contributed by atoms with Crippen LogP contribution in [0.5, 0.6) is 0 Å². The molecule has 2 fully saturated rings. The molecule has 23 heavy (non-hydrogen) atoms. The third kappa shape index (κ3) is 4.08. The number of amides is 1. The van der Waals surface area contributed by atoms with Crippen molar-refractivity contribution in [1.29, 1.82) is 0 Å². The number of ether oxygens (including phenoxy) is 1. The molecule has 0 aromatic heterocycles. The molecule has 6 heteroatoms. The van der Waals surface area contributed by atoms with Crippen molar-refractivity contribution in [2.75, 3.05) is 19.7 Å². The van der Waals surface area contributed by atoms with Crippen LogP contribution in [0.15, 0.2) is 28.7 Å². The summed E-state index contributed by atoms with van der Waals surface area (Å²) in [6.07, 6.45) is 3.43. The fraction of sp³-hybridized carbons (Fsp3) is 0.588. The Morgan fingerprint density at radius 3 is 2.65 bits per heavy atom. The lowest BCUT2D eigenvalue weighted by Gasteiger charge is -2.43. The van der Waals surface area contributed by atoms with Crippen LogP contribution in [0.1, 0.15) is 31.7 Å². The molecule has 1 aromatic carbocycles. The van der Waals surface area contributed by atoms with Crippen molar-refractivity contribution in [2.24, 2.45) is 0 Å². The van der Waals surface area contributed by atoms with Crippen molar-refractivity contribution in [1.82, 2.24) is 10.6 Å². The number of hydrogen-bond donors (Lipinski definition) is 2. The first-order valence-electron chi connectivity index (χ1n) is 7.99. The second-order valence-electron chi connectivity index (χ2n) is 6.37. The molecule has 4 nitrogen and oxygen atoms in total. The summed E-state index contributed by atoms with van der Waals surface area (Å²) < 4.78 is 6.64. The molecule has 0 radical (unpaired) electrons. The molecule has 0 bridgehead atoms. The molecular weight excluding hydrogens is 380 g/mol. The summed E-state index contributed by atoms with van der Waals surface area (Å²) in [6, 6.07) is 8.25. The number of carbonyl (C=O) groups excluding carboxylic acids is 1. The van der Waals surface area contributed by atoms with Crippen molar-refractivity contribution >= 4 is 34.2 Å². The summed E-state index contributed by atoms with van der Waals surface area (Å²) in [6.45, 7) is 4.07. The number of benzene rings is 1. The second kappa shape index (κ2) is 7.97. The quantitative estimate of drug-likeness (QED) is 0.813. The standard InChI is InChI=1S/C17H23BrN2O2.ClH/c1-12-15(19-9-10-22-12)16(21)20-11-17(7-2-8-17)13-3-5-14(18)6-4-13;/h3-6,12,15,19H,2,7-11H2,1H3,(H,20,21);1H/t12-,15+;/m1./s1. The summed E-state index contributed by atoms with van der Waals surface area (Å²) in [5.41, 5.74) is 1.43. The largest absolute Gasteiger partial charge is 0.375 e. The molecule has 0 unspecified atom stereocenters. The monoisotopic (exact) mass is 402 g/mol. The predicted molar refractivity (Wildman–Crippen MR) is 97.1 cm³/mol. The molecule has 1 saturated carbocycles. The zero-order chi connectivity index (χ0) is 15.6. The molecule has 128 valence electrons. The van der Waals surface area contributed by atoms with Crippen molar-refractivity contribution in [3.05, 3.63) is 34.3 Å². The highest BCUT2D eigenvalue weighted by molar-refractivity contribution is 9.10. The summed E-state index contributed by atoms with van der Waals surface area (Å²) >= 11 is 3.48. The lowest BCUT2D eigenvalue weighted by atomic mass is 9.64. The van der Waals surface area contributed by atoms with Gasteiger partial charge in [-0.2, -0.15) is 0 Å². The fourth-order valence-electron chi connectivity index (χ4n) is 3.37. The molecule has 1 aliphatic heterocycles.